The van der Waals surface area contributed by atoms with Crippen molar-refractivity contribution >= 4 is 0 Å². The van der Waals surface area contributed by atoms with Crippen LogP contribution in [0.25, 0.3) is 11.1 Å². The highest BCUT2D eigenvalue weighted by atomic mass is 19.1. The molecule has 0 N–H and O–H groups in total. The van der Waals surface area contributed by atoms with Gasteiger partial charge in [0.1, 0.15) is 11.6 Å². The van der Waals surface area contributed by atoms with Crippen molar-refractivity contribution in [3.63, 3.8) is 0 Å². The lowest BCUT2D eigenvalue weighted by molar-refractivity contribution is 0.308. The highest BCUT2D eigenvalue weighted by Crippen LogP contribution is 2.38. The number of terminal acetylenes is 1. The van der Waals surface area contributed by atoms with Crippen molar-refractivity contribution in [2.75, 3.05) is 0 Å². The topological polar surface area (TPSA) is 4.93 Å². The van der Waals surface area contributed by atoms with Crippen molar-refractivity contribution < 1.29 is 8.78 Å². The quantitative estimate of drug-likeness (QED) is 0.328. The van der Waals surface area contributed by atoms with Gasteiger partial charge in [0.15, 0.2) is 0 Å². The van der Waals surface area contributed by atoms with Gasteiger partial charge in [0.25, 0.3) is 0 Å². The van der Waals surface area contributed by atoms with Crippen LogP contribution in [0.4, 0.5) is 8.78 Å². The molecule has 3 rings (SSSR count). The van der Waals surface area contributed by atoms with Crippen LogP contribution in [0.3, 0.4) is 0 Å². The molecule has 0 saturated heterocycles. The van der Waals surface area contributed by atoms with Crippen LogP contribution < -0.4 is 0 Å². The van der Waals surface area contributed by atoms with E-state index >= 15 is 0 Å². The van der Waals surface area contributed by atoms with E-state index in [0.717, 1.165) is 30.2 Å². The van der Waals surface area contributed by atoms with Gasteiger partial charge in [-0.05, 0) is 62.3 Å². The van der Waals surface area contributed by atoms with Crippen molar-refractivity contribution in [2.45, 2.75) is 64.8 Å². The molecule has 1 aliphatic carbocycles. The van der Waals surface area contributed by atoms with Crippen LogP contribution in [0.1, 0.15) is 64.0 Å². The molecule has 1 aliphatic rings. The van der Waals surface area contributed by atoms with Crippen LogP contribution in [0.5, 0.6) is 0 Å². The lowest BCUT2D eigenvalue weighted by Gasteiger charge is -2.28. The number of halogens is 2. The molecule has 0 radical (unpaired) electrons. The van der Waals surface area contributed by atoms with Crippen LogP contribution in [0, 0.1) is 29.9 Å². The minimum absolute atomic E-state index is 0.312. The first-order chi connectivity index (χ1) is 14.5. The van der Waals surface area contributed by atoms with Crippen molar-refractivity contribution in [1.29, 1.82) is 0 Å². The van der Waals surface area contributed by atoms with Gasteiger partial charge < -0.3 is 4.57 Å². The average Bonchev–Trinajstić information content (AvgIpc) is 3.19. The molecule has 0 aliphatic heterocycles. The van der Waals surface area contributed by atoms with Crippen molar-refractivity contribution in [3.05, 3.63) is 71.6 Å². The SMILES string of the molecule is C#C/C(=C\C=C/C)CCn1cc(-c2cc(F)ccc2F)cc1[C@H](C)C1CCCCC1. The summed E-state index contributed by atoms with van der Waals surface area (Å²) < 4.78 is 30.4. The van der Waals surface area contributed by atoms with E-state index in [4.69, 9.17) is 6.42 Å². The van der Waals surface area contributed by atoms with Crippen LogP contribution >= 0.6 is 0 Å². The minimum Gasteiger partial charge on any atom is -0.350 e. The lowest BCUT2D eigenvalue weighted by atomic mass is 9.79. The van der Waals surface area contributed by atoms with E-state index < -0.39 is 11.6 Å². The van der Waals surface area contributed by atoms with E-state index in [-0.39, 0.29) is 0 Å². The van der Waals surface area contributed by atoms with E-state index in [9.17, 15) is 8.78 Å². The Hall–Kier alpha value is -2.60. The second-order valence-electron chi connectivity index (χ2n) is 8.27. The molecule has 0 unspecified atom stereocenters. The number of rotatable bonds is 7. The van der Waals surface area contributed by atoms with Gasteiger partial charge in [-0.15, -0.1) is 6.42 Å². The highest BCUT2D eigenvalue weighted by Gasteiger charge is 2.25. The Morgan fingerprint density at radius 1 is 1.23 bits per heavy atom. The molecule has 1 atom stereocenters. The zero-order chi connectivity index (χ0) is 21.5. The summed E-state index contributed by atoms with van der Waals surface area (Å²) in [4.78, 5) is 0. The Morgan fingerprint density at radius 3 is 2.70 bits per heavy atom. The molecule has 0 bridgehead atoms. The Morgan fingerprint density at radius 2 is 2.00 bits per heavy atom. The maximum atomic E-state index is 14.4. The molecule has 1 saturated carbocycles. The van der Waals surface area contributed by atoms with Gasteiger partial charge in [0.2, 0.25) is 0 Å². The molecule has 1 aromatic carbocycles. The Balaban J connectivity index is 1.94. The zero-order valence-electron chi connectivity index (χ0n) is 18.0. The monoisotopic (exact) mass is 407 g/mol. The number of nitrogens with zero attached hydrogens (tertiary/aromatic N) is 1. The van der Waals surface area contributed by atoms with E-state index in [1.54, 1.807) is 0 Å². The molecule has 3 heteroatoms. The molecule has 1 nitrogen and oxygen atoms in total. The largest absolute Gasteiger partial charge is 0.350 e. The summed E-state index contributed by atoms with van der Waals surface area (Å²) in [5, 5.41) is 0. The summed E-state index contributed by atoms with van der Waals surface area (Å²) in [5.41, 5.74) is 3.15. The second-order valence-corrected chi connectivity index (χ2v) is 8.27. The molecule has 30 heavy (non-hydrogen) atoms. The van der Waals surface area contributed by atoms with Gasteiger partial charge >= 0.3 is 0 Å². The Bertz CT molecular complexity index is 952. The average molecular weight is 408 g/mol. The fourth-order valence-electron chi connectivity index (χ4n) is 4.51. The fraction of sp³-hybridized carbons (Fsp3) is 0.407. The summed E-state index contributed by atoms with van der Waals surface area (Å²) in [6, 6.07) is 5.68. The van der Waals surface area contributed by atoms with Gasteiger partial charge in [-0.25, -0.2) is 8.78 Å². The standard InChI is InChI=1S/C27H31F2N/c1-4-6-10-21(5-2)15-16-30-19-23(25-18-24(28)13-14-26(25)29)17-27(30)20(3)22-11-8-7-9-12-22/h2,4,6,10,13-14,17-20,22H,7-9,11-12,15-16H2,1,3H3/b6-4-,21-10+/t20-/m1/s1. The van der Waals surface area contributed by atoms with E-state index in [1.165, 1.54) is 49.9 Å². The molecular weight excluding hydrogens is 376 g/mol. The van der Waals surface area contributed by atoms with Gasteiger partial charge in [0.05, 0.1) is 0 Å². The summed E-state index contributed by atoms with van der Waals surface area (Å²) in [6.45, 7) is 4.95. The van der Waals surface area contributed by atoms with Crippen molar-refractivity contribution in [2.24, 2.45) is 5.92 Å². The molecule has 1 fully saturated rings. The molecular formula is C27H31F2N. The number of aryl methyl sites for hydroxylation is 1. The predicted octanol–water partition coefficient (Wildman–Crippen LogP) is 7.64. The van der Waals surface area contributed by atoms with Crippen LogP contribution in [-0.4, -0.2) is 4.57 Å². The maximum Gasteiger partial charge on any atom is 0.131 e. The summed E-state index contributed by atoms with van der Waals surface area (Å²) in [7, 11) is 0. The first-order valence-electron chi connectivity index (χ1n) is 11.0. The van der Waals surface area contributed by atoms with Crippen molar-refractivity contribution in [3.8, 4) is 23.5 Å². The summed E-state index contributed by atoms with van der Waals surface area (Å²) in [5.74, 6) is 2.93. The maximum absolute atomic E-state index is 14.4. The molecule has 1 aromatic heterocycles. The first kappa shape index (κ1) is 22.1. The second kappa shape index (κ2) is 10.4. The van der Waals surface area contributed by atoms with E-state index in [2.05, 4.69) is 17.4 Å². The number of allylic oxidation sites excluding steroid dienone is 4. The third-order valence-electron chi connectivity index (χ3n) is 6.29. The number of hydrogen-bond acceptors (Lipinski definition) is 0. The van der Waals surface area contributed by atoms with Crippen molar-refractivity contribution in [1.82, 2.24) is 4.57 Å². The van der Waals surface area contributed by atoms with E-state index in [1.807, 2.05) is 37.4 Å². The normalized spacial score (nSPS) is 16.7. The molecule has 0 amide bonds. The smallest absolute Gasteiger partial charge is 0.131 e. The molecule has 1 heterocycles. The van der Waals surface area contributed by atoms with Crippen LogP contribution in [0.15, 0.2) is 54.3 Å². The third-order valence-corrected chi connectivity index (χ3v) is 6.29. The summed E-state index contributed by atoms with van der Waals surface area (Å²) in [6.07, 6.45) is 20.5. The van der Waals surface area contributed by atoms with Gasteiger partial charge in [0, 0.05) is 35.1 Å². The summed E-state index contributed by atoms with van der Waals surface area (Å²) >= 11 is 0. The zero-order valence-corrected chi connectivity index (χ0v) is 18.0. The molecule has 2 aromatic rings. The van der Waals surface area contributed by atoms with E-state index in [0.29, 0.717) is 17.4 Å². The van der Waals surface area contributed by atoms with Gasteiger partial charge in [-0.2, -0.15) is 0 Å². The number of aromatic nitrogens is 1. The Kier molecular flexibility index (Phi) is 7.69. The van der Waals surface area contributed by atoms with Gasteiger partial charge in [-0.1, -0.05) is 50.3 Å². The lowest BCUT2D eigenvalue weighted by Crippen LogP contribution is -2.17. The highest BCUT2D eigenvalue weighted by molar-refractivity contribution is 5.65. The Labute approximate surface area is 179 Å². The predicted molar refractivity (Wildman–Crippen MR) is 121 cm³/mol. The fourth-order valence-corrected chi connectivity index (χ4v) is 4.51. The number of benzene rings is 1. The molecule has 0 spiro atoms. The number of hydrogen-bond donors (Lipinski definition) is 0. The molecule has 158 valence electrons. The third kappa shape index (κ3) is 5.30. The minimum atomic E-state index is -0.426. The van der Waals surface area contributed by atoms with Crippen LogP contribution in [0.2, 0.25) is 0 Å². The van der Waals surface area contributed by atoms with Crippen LogP contribution in [-0.2, 0) is 6.54 Å². The van der Waals surface area contributed by atoms with Gasteiger partial charge in [-0.3, -0.25) is 0 Å². The first-order valence-corrected chi connectivity index (χ1v) is 11.0.